The molecule has 0 saturated carbocycles. The third kappa shape index (κ3) is 4.22. The van der Waals surface area contributed by atoms with Crippen molar-refractivity contribution in [3.8, 4) is 17.2 Å². The molecule has 3 aromatic carbocycles. The zero-order chi connectivity index (χ0) is 22.8. The van der Waals surface area contributed by atoms with Crippen LogP contribution in [0.15, 0.2) is 77.8 Å². The highest BCUT2D eigenvalue weighted by Gasteiger charge is 2.31. The van der Waals surface area contributed by atoms with E-state index < -0.39 is 0 Å². The lowest BCUT2D eigenvalue weighted by molar-refractivity contribution is 0.145. The number of fused-ring (bicyclic) bond motifs is 2. The summed E-state index contributed by atoms with van der Waals surface area (Å²) in [6.07, 6.45) is 0. The van der Waals surface area contributed by atoms with Crippen LogP contribution >= 0.6 is 0 Å². The Morgan fingerprint density at radius 2 is 1.73 bits per heavy atom. The average Bonchev–Trinajstić information content (AvgIpc) is 3.01. The number of urea groups is 1. The molecule has 1 atom stereocenters. The molecule has 0 aromatic heterocycles. The van der Waals surface area contributed by atoms with Crippen molar-refractivity contribution < 1.29 is 14.3 Å². The fraction of sp³-hybridized carbons (Fsp3) is 0.231. The van der Waals surface area contributed by atoms with Gasteiger partial charge in [0.15, 0.2) is 5.75 Å². The summed E-state index contributed by atoms with van der Waals surface area (Å²) in [6.45, 7) is 4.00. The molecule has 1 fully saturated rings. The van der Waals surface area contributed by atoms with Gasteiger partial charge in [0.25, 0.3) is 0 Å². The third-order valence-electron chi connectivity index (χ3n) is 5.97. The first-order valence-electron chi connectivity index (χ1n) is 11.0. The zero-order valence-electron chi connectivity index (χ0n) is 18.7. The van der Waals surface area contributed by atoms with Gasteiger partial charge < -0.3 is 24.6 Å². The average molecular weight is 443 g/mol. The minimum Gasteiger partial charge on any atom is -0.497 e. The minimum absolute atomic E-state index is 0.00581. The van der Waals surface area contributed by atoms with Gasteiger partial charge >= 0.3 is 6.03 Å². The van der Waals surface area contributed by atoms with Crippen LogP contribution in [0.3, 0.4) is 0 Å². The molecule has 1 saturated heterocycles. The predicted molar refractivity (Wildman–Crippen MR) is 129 cm³/mol. The number of carbonyl (C=O) groups excluding carboxylic acids is 1. The molecule has 0 spiro atoms. The molecule has 2 amide bonds. The van der Waals surface area contributed by atoms with Crippen molar-refractivity contribution in [2.45, 2.75) is 13.0 Å². The number of amidine groups is 1. The highest BCUT2D eigenvalue weighted by atomic mass is 16.5. The van der Waals surface area contributed by atoms with Gasteiger partial charge in [-0.3, -0.25) is 0 Å². The molecule has 168 valence electrons. The lowest BCUT2D eigenvalue weighted by Crippen LogP contribution is -2.56. The van der Waals surface area contributed by atoms with E-state index in [4.69, 9.17) is 14.5 Å². The molecule has 2 aliphatic rings. The van der Waals surface area contributed by atoms with Gasteiger partial charge in [-0.15, -0.1) is 0 Å². The van der Waals surface area contributed by atoms with Crippen LogP contribution in [0.5, 0.6) is 17.2 Å². The molecule has 0 bridgehead atoms. The molecule has 1 N–H and O–H groups in total. The standard InChI is InChI=1S/C26H26N4O3/c1-18-17-29(15-16-30(18)26(31)27-19-11-13-20(32-2)14-12-19)25-21-7-3-5-9-23(21)33-24-10-6-4-8-22(24)28-25/h3-14,18H,15-17H2,1-2H3,(H,27,31). The summed E-state index contributed by atoms with van der Waals surface area (Å²) >= 11 is 0. The first-order chi connectivity index (χ1) is 16.1. The molecular formula is C26H26N4O3. The van der Waals surface area contributed by atoms with Crippen LogP contribution in [0, 0.1) is 0 Å². The van der Waals surface area contributed by atoms with Gasteiger partial charge in [0.1, 0.15) is 23.0 Å². The maximum Gasteiger partial charge on any atom is 0.322 e. The summed E-state index contributed by atoms with van der Waals surface area (Å²) in [5.74, 6) is 3.15. The fourth-order valence-corrected chi connectivity index (χ4v) is 4.23. The van der Waals surface area contributed by atoms with E-state index in [2.05, 4.69) is 17.1 Å². The van der Waals surface area contributed by atoms with Crippen LogP contribution < -0.4 is 14.8 Å². The lowest BCUT2D eigenvalue weighted by atomic mass is 10.1. The number of para-hydroxylation sites is 3. The topological polar surface area (TPSA) is 66.4 Å². The van der Waals surface area contributed by atoms with E-state index in [-0.39, 0.29) is 12.1 Å². The number of hydrogen-bond acceptors (Lipinski definition) is 5. The Morgan fingerprint density at radius 1 is 1.00 bits per heavy atom. The second-order valence-corrected chi connectivity index (χ2v) is 8.15. The van der Waals surface area contributed by atoms with Crippen LogP contribution in [-0.4, -0.2) is 54.5 Å². The maximum atomic E-state index is 12.9. The Kier molecular flexibility index (Phi) is 5.60. The summed E-state index contributed by atoms with van der Waals surface area (Å²) in [5, 5.41) is 2.99. The number of aliphatic imine (C=N–C) groups is 1. The number of methoxy groups -OCH3 is 1. The van der Waals surface area contributed by atoms with Gasteiger partial charge in [0.05, 0.1) is 12.7 Å². The van der Waals surface area contributed by atoms with Gasteiger partial charge in [-0.1, -0.05) is 24.3 Å². The van der Waals surface area contributed by atoms with Crippen molar-refractivity contribution in [3.63, 3.8) is 0 Å². The van der Waals surface area contributed by atoms with Crippen molar-refractivity contribution in [1.82, 2.24) is 9.80 Å². The molecule has 2 heterocycles. The molecule has 33 heavy (non-hydrogen) atoms. The Morgan fingerprint density at radius 3 is 2.48 bits per heavy atom. The molecule has 7 heteroatoms. The lowest BCUT2D eigenvalue weighted by Gasteiger charge is -2.41. The van der Waals surface area contributed by atoms with E-state index in [1.807, 2.05) is 77.7 Å². The molecule has 7 nitrogen and oxygen atoms in total. The number of nitrogens with zero attached hydrogens (tertiary/aromatic N) is 3. The quantitative estimate of drug-likeness (QED) is 0.598. The Hall–Kier alpha value is -4.00. The van der Waals surface area contributed by atoms with E-state index in [1.54, 1.807) is 7.11 Å². The molecular weight excluding hydrogens is 416 g/mol. The SMILES string of the molecule is COc1ccc(NC(=O)N2CCN(C3=Nc4ccccc4Oc4ccccc43)CC2C)cc1. The Balaban J connectivity index is 1.35. The normalized spacial score (nSPS) is 17.2. The molecule has 0 aliphatic carbocycles. The number of nitrogens with one attached hydrogen (secondary N) is 1. The summed E-state index contributed by atoms with van der Waals surface area (Å²) in [7, 11) is 1.62. The number of carbonyl (C=O) groups is 1. The van der Waals surface area contributed by atoms with Crippen LogP contribution in [0.1, 0.15) is 12.5 Å². The largest absolute Gasteiger partial charge is 0.497 e. The zero-order valence-corrected chi connectivity index (χ0v) is 18.7. The number of ether oxygens (including phenoxy) is 2. The van der Waals surface area contributed by atoms with Crippen LogP contribution in [-0.2, 0) is 0 Å². The van der Waals surface area contributed by atoms with Gasteiger partial charge in [-0.25, -0.2) is 9.79 Å². The van der Waals surface area contributed by atoms with E-state index in [0.29, 0.717) is 19.6 Å². The van der Waals surface area contributed by atoms with Crippen molar-refractivity contribution in [3.05, 3.63) is 78.4 Å². The summed E-state index contributed by atoms with van der Waals surface area (Å²) in [6, 6.07) is 23.0. The Bertz CT molecular complexity index is 1190. The molecule has 0 radical (unpaired) electrons. The number of benzene rings is 3. The smallest absolute Gasteiger partial charge is 0.322 e. The number of anilines is 1. The highest BCUT2D eigenvalue weighted by Crippen LogP contribution is 2.38. The first kappa shape index (κ1) is 20.9. The summed E-state index contributed by atoms with van der Waals surface area (Å²) in [5.41, 5.74) is 2.50. The first-order valence-corrected chi connectivity index (χ1v) is 11.0. The van der Waals surface area contributed by atoms with Crippen molar-refractivity contribution in [2.75, 3.05) is 32.1 Å². The third-order valence-corrected chi connectivity index (χ3v) is 5.97. The highest BCUT2D eigenvalue weighted by molar-refractivity contribution is 6.04. The molecule has 1 unspecified atom stereocenters. The second-order valence-electron chi connectivity index (χ2n) is 8.15. The number of piperazine rings is 1. The van der Waals surface area contributed by atoms with E-state index in [0.717, 1.165) is 40.0 Å². The monoisotopic (exact) mass is 442 g/mol. The van der Waals surface area contributed by atoms with Crippen LogP contribution in [0.2, 0.25) is 0 Å². The molecule has 2 aliphatic heterocycles. The molecule has 5 rings (SSSR count). The van der Waals surface area contributed by atoms with Gasteiger partial charge in [-0.2, -0.15) is 0 Å². The van der Waals surface area contributed by atoms with Crippen LogP contribution in [0.4, 0.5) is 16.2 Å². The predicted octanol–water partition coefficient (Wildman–Crippen LogP) is 5.12. The van der Waals surface area contributed by atoms with E-state index in [9.17, 15) is 4.79 Å². The fourth-order valence-electron chi connectivity index (χ4n) is 4.23. The van der Waals surface area contributed by atoms with E-state index >= 15 is 0 Å². The van der Waals surface area contributed by atoms with Gasteiger partial charge in [0, 0.05) is 31.4 Å². The van der Waals surface area contributed by atoms with Crippen molar-refractivity contribution in [2.24, 2.45) is 4.99 Å². The summed E-state index contributed by atoms with van der Waals surface area (Å²) in [4.78, 5) is 22.0. The molecule has 3 aromatic rings. The van der Waals surface area contributed by atoms with Crippen LogP contribution in [0.25, 0.3) is 0 Å². The summed E-state index contributed by atoms with van der Waals surface area (Å²) < 4.78 is 11.4. The van der Waals surface area contributed by atoms with Gasteiger partial charge in [0.2, 0.25) is 0 Å². The Labute approximate surface area is 193 Å². The van der Waals surface area contributed by atoms with Gasteiger partial charge in [-0.05, 0) is 55.5 Å². The maximum absolute atomic E-state index is 12.9. The van der Waals surface area contributed by atoms with E-state index in [1.165, 1.54) is 0 Å². The second kappa shape index (κ2) is 8.86. The van der Waals surface area contributed by atoms with Crippen molar-refractivity contribution >= 4 is 23.2 Å². The number of hydrogen-bond donors (Lipinski definition) is 1. The number of rotatable bonds is 2. The van der Waals surface area contributed by atoms with Crippen molar-refractivity contribution in [1.29, 1.82) is 0 Å². The number of amides is 2. The minimum atomic E-state index is -0.107.